The Kier molecular flexibility index (Phi) is 12.0. The van der Waals surface area contributed by atoms with E-state index in [-0.39, 0.29) is 24.0 Å². The number of hydrogen-bond acceptors (Lipinski definition) is 3. The fraction of sp³-hybridized carbons (Fsp3) is 0.938. The molecule has 0 aromatic rings. The lowest BCUT2D eigenvalue weighted by Crippen LogP contribution is -2.57. The summed E-state index contributed by atoms with van der Waals surface area (Å²) in [5, 5.41) is 3.21. The Bertz CT molecular complexity index is 386. The van der Waals surface area contributed by atoms with E-state index in [4.69, 9.17) is 4.74 Å². The van der Waals surface area contributed by atoms with Crippen molar-refractivity contribution < 1.29 is 17.9 Å². The minimum absolute atomic E-state index is 0. The topological polar surface area (TPSA) is 40.1 Å². The van der Waals surface area contributed by atoms with Gasteiger partial charge in [0.15, 0.2) is 5.96 Å². The third-order valence-electron chi connectivity index (χ3n) is 4.22. The van der Waals surface area contributed by atoms with Gasteiger partial charge in [0, 0.05) is 46.4 Å². The van der Waals surface area contributed by atoms with Crippen LogP contribution >= 0.6 is 24.0 Å². The normalized spacial score (nSPS) is 18.2. The fourth-order valence-electron chi connectivity index (χ4n) is 2.52. The van der Waals surface area contributed by atoms with Gasteiger partial charge in [-0.3, -0.25) is 9.89 Å². The summed E-state index contributed by atoms with van der Waals surface area (Å²) in [6, 6.07) is -1.40. The minimum atomic E-state index is -4.17. The summed E-state index contributed by atoms with van der Waals surface area (Å²) in [4.78, 5) is 7.68. The lowest BCUT2D eigenvalue weighted by Gasteiger charge is -2.39. The van der Waals surface area contributed by atoms with Crippen LogP contribution in [0.25, 0.3) is 0 Å². The molecule has 0 radical (unpaired) electrons. The third kappa shape index (κ3) is 9.28. The second-order valence-corrected chi connectivity index (χ2v) is 6.51. The lowest BCUT2D eigenvalue weighted by molar-refractivity contribution is -0.181. The molecule has 0 amide bonds. The average Bonchev–Trinajstić information content (AvgIpc) is 2.52. The lowest BCUT2D eigenvalue weighted by atomic mass is 10.1. The molecular formula is C16H32F3IN4O. The summed E-state index contributed by atoms with van der Waals surface area (Å²) < 4.78 is 43.8. The van der Waals surface area contributed by atoms with Crippen molar-refractivity contribution in [2.75, 3.05) is 53.0 Å². The van der Waals surface area contributed by atoms with Crippen molar-refractivity contribution in [3.8, 4) is 0 Å². The van der Waals surface area contributed by atoms with Crippen molar-refractivity contribution in [2.45, 2.75) is 39.4 Å². The first-order chi connectivity index (χ1) is 11.3. The molecule has 1 aliphatic rings. The van der Waals surface area contributed by atoms with Crippen molar-refractivity contribution in [2.24, 2.45) is 10.9 Å². The molecular weight excluding hydrogens is 448 g/mol. The molecule has 0 aromatic carbocycles. The molecule has 1 atom stereocenters. The van der Waals surface area contributed by atoms with E-state index in [1.807, 2.05) is 4.90 Å². The van der Waals surface area contributed by atoms with Crippen molar-refractivity contribution in [3.05, 3.63) is 0 Å². The number of rotatable bonds is 7. The van der Waals surface area contributed by atoms with E-state index in [0.717, 1.165) is 19.0 Å². The average molecular weight is 480 g/mol. The van der Waals surface area contributed by atoms with Crippen LogP contribution in [-0.2, 0) is 4.74 Å². The predicted octanol–water partition coefficient (Wildman–Crippen LogP) is 2.81. The predicted molar refractivity (Wildman–Crippen MR) is 106 cm³/mol. The zero-order chi connectivity index (χ0) is 18.2. The zero-order valence-electron chi connectivity index (χ0n) is 15.6. The number of nitrogens with one attached hydrogen (secondary N) is 1. The van der Waals surface area contributed by atoms with Crippen LogP contribution in [-0.4, -0.2) is 81.0 Å². The molecule has 0 aliphatic carbocycles. The molecule has 5 nitrogen and oxygen atoms in total. The molecule has 1 heterocycles. The number of piperazine rings is 1. The molecule has 1 N–H and O–H groups in total. The molecule has 0 aromatic heterocycles. The van der Waals surface area contributed by atoms with Gasteiger partial charge in [0.05, 0.1) is 6.61 Å². The zero-order valence-corrected chi connectivity index (χ0v) is 17.9. The molecule has 0 bridgehead atoms. The van der Waals surface area contributed by atoms with Crippen LogP contribution in [0.1, 0.15) is 27.2 Å². The number of hydrogen-bond donors (Lipinski definition) is 1. The Hall–Kier alpha value is -0.290. The Morgan fingerprint density at radius 1 is 1.12 bits per heavy atom. The Morgan fingerprint density at radius 2 is 1.72 bits per heavy atom. The minimum Gasteiger partial charge on any atom is -0.380 e. The Morgan fingerprint density at radius 3 is 2.20 bits per heavy atom. The maximum absolute atomic E-state index is 12.8. The summed E-state index contributed by atoms with van der Waals surface area (Å²) in [5.41, 5.74) is 0. The van der Waals surface area contributed by atoms with Gasteiger partial charge in [0.25, 0.3) is 0 Å². The summed E-state index contributed by atoms with van der Waals surface area (Å²) in [5.74, 6) is 1.35. The molecule has 1 unspecified atom stereocenters. The second kappa shape index (κ2) is 12.2. The monoisotopic (exact) mass is 480 g/mol. The van der Waals surface area contributed by atoms with Crippen LogP contribution in [0.3, 0.4) is 0 Å². The molecule has 0 spiro atoms. The molecule has 1 saturated heterocycles. The van der Waals surface area contributed by atoms with E-state index in [2.05, 4.69) is 24.2 Å². The third-order valence-corrected chi connectivity index (χ3v) is 4.22. The van der Waals surface area contributed by atoms with Gasteiger partial charge in [-0.2, -0.15) is 13.2 Å². The van der Waals surface area contributed by atoms with Crippen molar-refractivity contribution in [1.29, 1.82) is 0 Å². The number of alkyl halides is 3. The van der Waals surface area contributed by atoms with E-state index in [1.165, 1.54) is 11.8 Å². The highest BCUT2D eigenvalue weighted by Crippen LogP contribution is 2.25. The highest BCUT2D eigenvalue weighted by Gasteiger charge is 2.41. The van der Waals surface area contributed by atoms with Gasteiger partial charge in [-0.1, -0.05) is 13.8 Å². The quantitative estimate of drug-likeness (QED) is 0.264. The van der Waals surface area contributed by atoms with E-state index < -0.39 is 12.2 Å². The van der Waals surface area contributed by atoms with E-state index >= 15 is 0 Å². The first kappa shape index (κ1) is 24.7. The summed E-state index contributed by atoms with van der Waals surface area (Å²) in [6.07, 6.45) is -3.14. The SMILES string of the molecule is CN=C(NCCOCCC(C)C)N1CCN(C(C)C(F)(F)F)CC1.I. The summed E-state index contributed by atoms with van der Waals surface area (Å²) >= 11 is 0. The highest BCUT2D eigenvalue weighted by atomic mass is 127. The fourth-order valence-corrected chi connectivity index (χ4v) is 2.52. The number of halogens is 4. The highest BCUT2D eigenvalue weighted by molar-refractivity contribution is 14.0. The maximum atomic E-state index is 12.8. The number of aliphatic imine (C=N–C) groups is 1. The standard InChI is InChI=1S/C16H31F3N4O.HI/c1-13(2)5-11-24-12-6-21-15(20-4)23-9-7-22(8-10-23)14(3)16(17,18)19;/h13-14H,5-12H2,1-4H3,(H,20,21);1H. The molecule has 1 aliphatic heterocycles. The molecule has 150 valence electrons. The van der Waals surface area contributed by atoms with Gasteiger partial charge < -0.3 is 15.0 Å². The number of guanidine groups is 1. The molecule has 1 rings (SSSR count). The van der Waals surface area contributed by atoms with Crippen molar-refractivity contribution in [1.82, 2.24) is 15.1 Å². The summed E-state index contributed by atoms with van der Waals surface area (Å²) in [6.45, 7) is 9.34. The van der Waals surface area contributed by atoms with E-state index in [0.29, 0.717) is 45.2 Å². The molecule has 25 heavy (non-hydrogen) atoms. The van der Waals surface area contributed by atoms with E-state index in [1.54, 1.807) is 7.05 Å². The smallest absolute Gasteiger partial charge is 0.380 e. The summed E-state index contributed by atoms with van der Waals surface area (Å²) in [7, 11) is 1.69. The van der Waals surface area contributed by atoms with Crippen LogP contribution in [0.2, 0.25) is 0 Å². The van der Waals surface area contributed by atoms with Crippen LogP contribution in [0, 0.1) is 5.92 Å². The van der Waals surface area contributed by atoms with Crippen molar-refractivity contribution >= 4 is 29.9 Å². The number of nitrogens with zero attached hydrogens (tertiary/aromatic N) is 3. The van der Waals surface area contributed by atoms with Crippen LogP contribution < -0.4 is 5.32 Å². The Balaban J connectivity index is 0.00000576. The first-order valence-electron chi connectivity index (χ1n) is 8.59. The maximum Gasteiger partial charge on any atom is 0.403 e. The Labute approximate surface area is 166 Å². The first-order valence-corrected chi connectivity index (χ1v) is 8.59. The molecule has 0 saturated carbocycles. The number of ether oxygens (including phenoxy) is 1. The molecule has 9 heteroatoms. The largest absolute Gasteiger partial charge is 0.403 e. The van der Waals surface area contributed by atoms with Crippen molar-refractivity contribution in [3.63, 3.8) is 0 Å². The van der Waals surface area contributed by atoms with Gasteiger partial charge in [-0.25, -0.2) is 0 Å². The van der Waals surface area contributed by atoms with E-state index in [9.17, 15) is 13.2 Å². The molecule has 1 fully saturated rings. The van der Waals surface area contributed by atoms with Crippen LogP contribution in [0.5, 0.6) is 0 Å². The van der Waals surface area contributed by atoms with Gasteiger partial charge in [-0.05, 0) is 19.3 Å². The second-order valence-electron chi connectivity index (χ2n) is 6.51. The van der Waals surface area contributed by atoms with Gasteiger partial charge in [-0.15, -0.1) is 24.0 Å². The van der Waals surface area contributed by atoms with Crippen LogP contribution in [0.15, 0.2) is 4.99 Å². The van der Waals surface area contributed by atoms with Gasteiger partial charge in [0.1, 0.15) is 6.04 Å². The van der Waals surface area contributed by atoms with Gasteiger partial charge >= 0.3 is 6.18 Å². The van der Waals surface area contributed by atoms with Crippen LogP contribution in [0.4, 0.5) is 13.2 Å². The van der Waals surface area contributed by atoms with Gasteiger partial charge in [0.2, 0.25) is 0 Å².